The first kappa shape index (κ1) is 14.9. The van der Waals surface area contributed by atoms with E-state index < -0.39 is 0 Å². The van der Waals surface area contributed by atoms with E-state index in [1.54, 1.807) is 0 Å². The number of benzene rings is 1. The fourth-order valence-electron chi connectivity index (χ4n) is 2.76. The van der Waals surface area contributed by atoms with Crippen LogP contribution in [-0.2, 0) is 4.74 Å². The van der Waals surface area contributed by atoms with Gasteiger partial charge in [-0.1, -0.05) is 13.0 Å². The lowest BCUT2D eigenvalue weighted by Crippen LogP contribution is -2.33. The smallest absolute Gasteiger partial charge is 0.253 e. The number of hydrogen-bond acceptors (Lipinski definition) is 3. The SMILES string of the molecule is CCC1OCCC1CNC(=O)c1ccc(C)cc1NC. The molecule has 2 rings (SSSR count). The van der Waals surface area contributed by atoms with Crippen molar-refractivity contribution in [3.05, 3.63) is 29.3 Å². The molecule has 0 saturated carbocycles. The first-order chi connectivity index (χ1) is 9.65. The Labute approximate surface area is 120 Å². The molecule has 0 bridgehead atoms. The number of ether oxygens (including phenoxy) is 1. The molecule has 0 radical (unpaired) electrons. The summed E-state index contributed by atoms with van der Waals surface area (Å²) in [5.74, 6) is 0.420. The fourth-order valence-corrected chi connectivity index (χ4v) is 2.76. The van der Waals surface area contributed by atoms with E-state index in [0.717, 1.165) is 30.7 Å². The van der Waals surface area contributed by atoms with Crippen LogP contribution in [0.4, 0.5) is 5.69 Å². The Morgan fingerprint density at radius 1 is 1.45 bits per heavy atom. The Bertz CT molecular complexity index is 474. The molecule has 1 heterocycles. The zero-order chi connectivity index (χ0) is 14.5. The topological polar surface area (TPSA) is 50.4 Å². The van der Waals surface area contributed by atoms with Crippen LogP contribution >= 0.6 is 0 Å². The highest BCUT2D eigenvalue weighted by Gasteiger charge is 2.27. The van der Waals surface area contributed by atoms with Crippen LogP contribution in [-0.4, -0.2) is 32.2 Å². The van der Waals surface area contributed by atoms with Gasteiger partial charge in [-0.15, -0.1) is 0 Å². The summed E-state index contributed by atoms with van der Waals surface area (Å²) in [7, 11) is 1.84. The fraction of sp³-hybridized carbons (Fsp3) is 0.562. The van der Waals surface area contributed by atoms with Gasteiger partial charge < -0.3 is 15.4 Å². The molecule has 110 valence electrons. The lowest BCUT2D eigenvalue weighted by atomic mass is 9.99. The number of carbonyl (C=O) groups excluding carboxylic acids is 1. The van der Waals surface area contributed by atoms with Crippen LogP contribution in [0.1, 0.15) is 35.7 Å². The predicted molar refractivity (Wildman–Crippen MR) is 81.2 cm³/mol. The van der Waals surface area contributed by atoms with Crippen molar-refractivity contribution < 1.29 is 9.53 Å². The highest BCUT2D eigenvalue weighted by Crippen LogP contribution is 2.23. The second-order valence-corrected chi connectivity index (χ2v) is 5.38. The maximum absolute atomic E-state index is 12.3. The van der Waals surface area contributed by atoms with Crippen molar-refractivity contribution in [2.45, 2.75) is 32.8 Å². The van der Waals surface area contributed by atoms with Gasteiger partial charge in [-0.2, -0.15) is 0 Å². The molecule has 0 aromatic heterocycles. The Morgan fingerprint density at radius 3 is 2.95 bits per heavy atom. The van der Waals surface area contributed by atoms with E-state index in [0.29, 0.717) is 18.0 Å². The molecule has 1 fully saturated rings. The van der Waals surface area contributed by atoms with Crippen LogP contribution in [0.2, 0.25) is 0 Å². The number of carbonyl (C=O) groups is 1. The number of anilines is 1. The van der Waals surface area contributed by atoms with E-state index in [-0.39, 0.29) is 12.0 Å². The minimum Gasteiger partial charge on any atom is -0.387 e. The normalized spacial score (nSPS) is 21.8. The molecule has 1 aromatic rings. The van der Waals surface area contributed by atoms with Gasteiger partial charge in [0.25, 0.3) is 5.91 Å². The number of aryl methyl sites for hydroxylation is 1. The van der Waals surface area contributed by atoms with E-state index in [9.17, 15) is 4.79 Å². The molecule has 1 aliphatic rings. The van der Waals surface area contributed by atoms with Crippen molar-refractivity contribution in [3.8, 4) is 0 Å². The maximum Gasteiger partial charge on any atom is 0.253 e. The summed E-state index contributed by atoms with van der Waals surface area (Å²) >= 11 is 0. The quantitative estimate of drug-likeness (QED) is 0.869. The lowest BCUT2D eigenvalue weighted by molar-refractivity contribution is 0.0827. The summed E-state index contributed by atoms with van der Waals surface area (Å²) in [4.78, 5) is 12.3. The summed E-state index contributed by atoms with van der Waals surface area (Å²) in [5, 5.41) is 6.12. The largest absolute Gasteiger partial charge is 0.387 e. The van der Waals surface area contributed by atoms with Gasteiger partial charge in [0.05, 0.1) is 11.7 Å². The first-order valence-electron chi connectivity index (χ1n) is 7.34. The van der Waals surface area contributed by atoms with E-state index in [1.165, 1.54) is 0 Å². The van der Waals surface area contributed by atoms with Gasteiger partial charge >= 0.3 is 0 Å². The third-order valence-electron chi connectivity index (χ3n) is 3.96. The zero-order valence-corrected chi connectivity index (χ0v) is 12.5. The molecule has 0 spiro atoms. The Kier molecular flexibility index (Phi) is 5.01. The molecule has 20 heavy (non-hydrogen) atoms. The van der Waals surface area contributed by atoms with Crippen molar-refractivity contribution in [1.82, 2.24) is 5.32 Å². The van der Waals surface area contributed by atoms with Gasteiger partial charge in [0.1, 0.15) is 0 Å². The average molecular weight is 276 g/mol. The molecule has 0 aliphatic carbocycles. The third kappa shape index (κ3) is 3.31. The van der Waals surface area contributed by atoms with Crippen molar-refractivity contribution in [2.24, 2.45) is 5.92 Å². The number of rotatable bonds is 5. The molecular weight excluding hydrogens is 252 g/mol. The van der Waals surface area contributed by atoms with E-state index in [2.05, 4.69) is 17.6 Å². The summed E-state index contributed by atoms with van der Waals surface area (Å²) in [5.41, 5.74) is 2.71. The lowest BCUT2D eigenvalue weighted by Gasteiger charge is -2.18. The van der Waals surface area contributed by atoms with E-state index >= 15 is 0 Å². The summed E-state index contributed by atoms with van der Waals surface area (Å²) in [6.07, 6.45) is 2.33. The van der Waals surface area contributed by atoms with Crippen LogP contribution in [0.15, 0.2) is 18.2 Å². The summed E-state index contributed by atoms with van der Waals surface area (Å²) < 4.78 is 5.65. The molecule has 1 saturated heterocycles. The highest BCUT2D eigenvalue weighted by atomic mass is 16.5. The van der Waals surface area contributed by atoms with Crippen LogP contribution in [0.3, 0.4) is 0 Å². The van der Waals surface area contributed by atoms with Gasteiger partial charge in [-0.25, -0.2) is 0 Å². The summed E-state index contributed by atoms with van der Waals surface area (Å²) in [6.45, 7) is 5.65. The number of nitrogens with one attached hydrogen (secondary N) is 2. The van der Waals surface area contributed by atoms with Crippen molar-refractivity contribution in [1.29, 1.82) is 0 Å². The maximum atomic E-state index is 12.3. The minimum atomic E-state index is -0.0175. The predicted octanol–water partition coefficient (Wildman–Crippen LogP) is 2.58. The van der Waals surface area contributed by atoms with Gasteiger partial charge in [-0.3, -0.25) is 4.79 Å². The van der Waals surface area contributed by atoms with Crippen LogP contribution < -0.4 is 10.6 Å². The van der Waals surface area contributed by atoms with Gasteiger partial charge in [0, 0.05) is 31.8 Å². The molecule has 1 aromatic carbocycles. The molecule has 2 unspecified atom stereocenters. The van der Waals surface area contributed by atoms with Crippen LogP contribution in [0, 0.1) is 12.8 Å². The number of hydrogen-bond donors (Lipinski definition) is 2. The number of amides is 1. The van der Waals surface area contributed by atoms with Crippen molar-refractivity contribution in [3.63, 3.8) is 0 Å². The average Bonchev–Trinajstić information content (AvgIpc) is 2.92. The second-order valence-electron chi connectivity index (χ2n) is 5.38. The van der Waals surface area contributed by atoms with E-state index in [4.69, 9.17) is 4.74 Å². The van der Waals surface area contributed by atoms with Crippen molar-refractivity contribution in [2.75, 3.05) is 25.5 Å². The second kappa shape index (κ2) is 6.75. The van der Waals surface area contributed by atoms with Crippen LogP contribution in [0.5, 0.6) is 0 Å². The molecule has 1 aliphatic heterocycles. The minimum absolute atomic E-state index is 0.0175. The first-order valence-corrected chi connectivity index (χ1v) is 7.34. The summed E-state index contributed by atoms with van der Waals surface area (Å²) in [6, 6.07) is 5.82. The highest BCUT2D eigenvalue weighted by molar-refractivity contribution is 5.99. The molecule has 2 N–H and O–H groups in total. The van der Waals surface area contributed by atoms with Gasteiger partial charge in [-0.05, 0) is 37.5 Å². The molecule has 4 nitrogen and oxygen atoms in total. The van der Waals surface area contributed by atoms with Gasteiger partial charge in [0.2, 0.25) is 0 Å². The van der Waals surface area contributed by atoms with Crippen LogP contribution in [0.25, 0.3) is 0 Å². The van der Waals surface area contributed by atoms with Crippen molar-refractivity contribution >= 4 is 11.6 Å². The Hall–Kier alpha value is -1.55. The standard InChI is InChI=1S/C16H24N2O2/c1-4-15-12(7-8-20-15)10-18-16(19)13-6-5-11(2)9-14(13)17-3/h5-6,9,12,15,17H,4,7-8,10H2,1-3H3,(H,18,19). The Balaban J connectivity index is 1.98. The van der Waals surface area contributed by atoms with Gasteiger partial charge in [0.15, 0.2) is 0 Å². The molecule has 4 heteroatoms. The molecule has 1 amide bonds. The zero-order valence-electron chi connectivity index (χ0n) is 12.5. The monoisotopic (exact) mass is 276 g/mol. The van der Waals surface area contributed by atoms with E-state index in [1.807, 2.05) is 32.2 Å². The molecular formula is C16H24N2O2. The Morgan fingerprint density at radius 2 is 2.25 bits per heavy atom. The molecule has 2 atom stereocenters. The third-order valence-corrected chi connectivity index (χ3v) is 3.96.